The molecule has 4 nitrogen and oxygen atoms in total. The van der Waals surface area contributed by atoms with Crippen LogP contribution in [-0.4, -0.2) is 31.5 Å². The summed E-state index contributed by atoms with van der Waals surface area (Å²) in [6, 6.07) is 17.7. The van der Waals surface area contributed by atoms with Crippen LogP contribution in [0.4, 0.5) is 0 Å². The van der Waals surface area contributed by atoms with Crippen LogP contribution >= 0.6 is 0 Å². The van der Waals surface area contributed by atoms with Gasteiger partial charge in [0.2, 0.25) is 0 Å². The summed E-state index contributed by atoms with van der Waals surface area (Å²) in [5.74, 6) is 0.840. The Kier molecular flexibility index (Phi) is 8.77. The molecule has 0 saturated carbocycles. The molecule has 0 aliphatic rings. The second kappa shape index (κ2) is 11.4. The molecule has 0 aliphatic carbocycles. The van der Waals surface area contributed by atoms with Crippen molar-refractivity contribution in [3.8, 4) is 5.75 Å². The maximum Gasteiger partial charge on any atom is 0.118 e. The van der Waals surface area contributed by atoms with Gasteiger partial charge in [0.15, 0.2) is 0 Å². The molecular weight excluding hydrogens is 316 g/mol. The highest BCUT2D eigenvalue weighted by molar-refractivity contribution is 5.26. The summed E-state index contributed by atoms with van der Waals surface area (Å²) in [5, 5.41) is 9.88. The highest BCUT2D eigenvalue weighted by atomic mass is 16.5. The van der Waals surface area contributed by atoms with Crippen LogP contribution in [0.25, 0.3) is 0 Å². The Morgan fingerprint density at radius 3 is 2.28 bits per heavy atom. The SMILES string of the molecule is COc1ccc(COC/C=C\C[C@@H](O)COCc2ccccc2)cc1. The van der Waals surface area contributed by atoms with Gasteiger partial charge in [0.05, 0.1) is 39.6 Å². The molecule has 0 unspecified atom stereocenters. The van der Waals surface area contributed by atoms with Crippen LogP contribution in [0, 0.1) is 0 Å². The lowest BCUT2D eigenvalue weighted by atomic mass is 10.2. The number of hydrogen-bond acceptors (Lipinski definition) is 4. The van der Waals surface area contributed by atoms with Crippen LogP contribution < -0.4 is 4.74 Å². The van der Waals surface area contributed by atoms with Crippen molar-refractivity contribution in [2.75, 3.05) is 20.3 Å². The Morgan fingerprint density at radius 2 is 1.56 bits per heavy atom. The number of aliphatic hydroxyl groups is 1. The van der Waals surface area contributed by atoms with E-state index in [9.17, 15) is 5.11 Å². The average Bonchev–Trinajstić information content (AvgIpc) is 2.66. The van der Waals surface area contributed by atoms with Crippen molar-refractivity contribution in [3.63, 3.8) is 0 Å². The topological polar surface area (TPSA) is 47.9 Å². The van der Waals surface area contributed by atoms with E-state index in [0.717, 1.165) is 16.9 Å². The van der Waals surface area contributed by atoms with Crippen LogP contribution in [0.1, 0.15) is 17.5 Å². The predicted octanol–water partition coefficient (Wildman–Crippen LogP) is 3.74. The summed E-state index contributed by atoms with van der Waals surface area (Å²) >= 11 is 0. The number of ether oxygens (including phenoxy) is 3. The van der Waals surface area contributed by atoms with Crippen molar-refractivity contribution in [3.05, 3.63) is 77.9 Å². The Labute approximate surface area is 149 Å². The van der Waals surface area contributed by atoms with Gasteiger partial charge in [-0.1, -0.05) is 54.6 Å². The molecule has 1 N–H and O–H groups in total. The first kappa shape index (κ1) is 19.2. The Morgan fingerprint density at radius 1 is 0.880 bits per heavy atom. The third kappa shape index (κ3) is 7.98. The van der Waals surface area contributed by atoms with Crippen molar-refractivity contribution in [2.45, 2.75) is 25.7 Å². The third-order valence-electron chi connectivity index (χ3n) is 3.64. The molecule has 4 heteroatoms. The normalized spacial score (nSPS) is 12.4. The van der Waals surface area contributed by atoms with Gasteiger partial charge in [-0.15, -0.1) is 0 Å². The molecule has 2 rings (SSSR count). The van der Waals surface area contributed by atoms with Crippen LogP contribution in [0.15, 0.2) is 66.7 Å². The second-order valence-electron chi connectivity index (χ2n) is 5.72. The first-order valence-corrected chi connectivity index (χ1v) is 8.43. The molecule has 0 amide bonds. The molecular formula is C21H26O4. The lowest BCUT2D eigenvalue weighted by Gasteiger charge is -2.09. The van der Waals surface area contributed by atoms with E-state index >= 15 is 0 Å². The van der Waals surface area contributed by atoms with E-state index in [2.05, 4.69) is 0 Å². The van der Waals surface area contributed by atoms with E-state index in [1.165, 1.54) is 0 Å². The van der Waals surface area contributed by atoms with E-state index < -0.39 is 6.10 Å². The second-order valence-corrected chi connectivity index (χ2v) is 5.72. The zero-order valence-corrected chi connectivity index (χ0v) is 14.6. The van der Waals surface area contributed by atoms with Crippen molar-refractivity contribution in [1.82, 2.24) is 0 Å². The lowest BCUT2D eigenvalue weighted by Crippen LogP contribution is -2.14. The maximum absolute atomic E-state index is 9.88. The van der Waals surface area contributed by atoms with Crippen LogP contribution in [0.5, 0.6) is 5.75 Å². The van der Waals surface area contributed by atoms with E-state index in [4.69, 9.17) is 14.2 Å². The van der Waals surface area contributed by atoms with Crippen LogP contribution in [-0.2, 0) is 22.7 Å². The van der Waals surface area contributed by atoms with E-state index in [1.54, 1.807) is 7.11 Å². The Balaban J connectivity index is 1.53. The largest absolute Gasteiger partial charge is 0.497 e. The first-order chi connectivity index (χ1) is 12.3. The van der Waals surface area contributed by atoms with Gasteiger partial charge in [-0.25, -0.2) is 0 Å². The molecule has 0 heterocycles. The average molecular weight is 342 g/mol. The molecule has 25 heavy (non-hydrogen) atoms. The highest BCUT2D eigenvalue weighted by Gasteiger charge is 2.02. The smallest absolute Gasteiger partial charge is 0.118 e. The summed E-state index contributed by atoms with van der Waals surface area (Å²) < 4.78 is 16.2. The number of rotatable bonds is 11. The van der Waals surface area contributed by atoms with Gasteiger partial charge in [-0.05, 0) is 29.7 Å². The molecule has 0 radical (unpaired) electrons. The molecule has 0 spiro atoms. The van der Waals surface area contributed by atoms with E-state index in [-0.39, 0.29) is 0 Å². The first-order valence-electron chi connectivity index (χ1n) is 8.43. The van der Waals surface area contributed by atoms with Gasteiger partial charge in [-0.2, -0.15) is 0 Å². The summed E-state index contributed by atoms with van der Waals surface area (Å²) in [6.45, 7) is 1.92. The molecule has 0 aliphatic heterocycles. The lowest BCUT2D eigenvalue weighted by molar-refractivity contribution is 0.0300. The minimum Gasteiger partial charge on any atom is -0.497 e. The Hall–Kier alpha value is -2.14. The number of hydrogen-bond donors (Lipinski definition) is 1. The van der Waals surface area contributed by atoms with Gasteiger partial charge in [0.1, 0.15) is 5.75 Å². The number of methoxy groups -OCH3 is 1. The molecule has 0 bridgehead atoms. The van der Waals surface area contributed by atoms with E-state index in [1.807, 2.05) is 66.7 Å². The minimum absolute atomic E-state index is 0.325. The number of benzene rings is 2. The summed E-state index contributed by atoms with van der Waals surface area (Å²) in [4.78, 5) is 0. The van der Waals surface area contributed by atoms with Crippen LogP contribution in [0.2, 0.25) is 0 Å². The van der Waals surface area contributed by atoms with Crippen molar-refractivity contribution >= 4 is 0 Å². The summed E-state index contributed by atoms with van der Waals surface area (Å²) in [7, 11) is 1.65. The van der Waals surface area contributed by atoms with Crippen LogP contribution in [0.3, 0.4) is 0 Å². The van der Waals surface area contributed by atoms with Gasteiger partial charge >= 0.3 is 0 Å². The highest BCUT2D eigenvalue weighted by Crippen LogP contribution is 2.11. The van der Waals surface area contributed by atoms with Crippen molar-refractivity contribution < 1.29 is 19.3 Å². The zero-order valence-electron chi connectivity index (χ0n) is 14.6. The van der Waals surface area contributed by atoms with Crippen molar-refractivity contribution in [1.29, 1.82) is 0 Å². The quantitative estimate of drug-likeness (QED) is 0.499. The molecule has 0 aromatic heterocycles. The molecule has 2 aromatic rings. The molecule has 0 saturated heterocycles. The monoisotopic (exact) mass is 342 g/mol. The molecule has 1 atom stereocenters. The van der Waals surface area contributed by atoms with Gasteiger partial charge in [0.25, 0.3) is 0 Å². The van der Waals surface area contributed by atoms with Gasteiger partial charge in [0, 0.05) is 0 Å². The van der Waals surface area contributed by atoms with Gasteiger partial charge in [-0.3, -0.25) is 0 Å². The maximum atomic E-state index is 9.88. The number of aliphatic hydroxyl groups excluding tert-OH is 1. The van der Waals surface area contributed by atoms with Crippen molar-refractivity contribution in [2.24, 2.45) is 0 Å². The summed E-state index contributed by atoms with van der Waals surface area (Å²) in [5.41, 5.74) is 2.21. The fourth-order valence-corrected chi connectivity index (χ4v) is 2.24. The minimum atomic E-state index is -0.499. The fourth-order valence-electron chi connectivity index (χ4n) is 2.24. The Bertz CT molecular complexity index is 608. The standard InChI is InChI=1S/C21H26O4/c1-23-21-12-10-19(11-13-21)15-24-14-6-5-9-20(22)17-25-16-18-7-3-2-4-8-18/h2-8,10-13,20,22H,9,14-17H2,1H3/b6-5-/t20-/m1/s1. The summed E-state index contributed by atoms with van der Waals surface area (Å²) in [6.07, 6.45) is 3.90. The molecule has 134 valence electrons. The zero-order chi connectivity index (χ0) is 17.7. The van der Waals surface area contributed by atoms with E-state index in [0.29, 0.717) is 32.8 Å². The fraction of sp³-hybridized carbons (Fsp3) is 0.333. The third-order valence-corrected chi connectivity index (χ3v) is 3.64. The predicted molar refractivity (Wildman–Crippen MR) is 98.5 cm³/mol. The molecule has 0 fully saturated rings. The van der Waals surface area contributed by atoms with Gasteiger partial charge < -0.3 is 19.3 Å². The molecule has 2 aromatic carbocycles.